The number of carbonyl (C=O) groups excluding carboxylic acids is 2. The molecule has 0 saturated carbocycles. The second-order valence-corrected chi connectivity index (χ2v) is 5.48. The second-order valence-electron chi connectivity index (χ2n) is 5.04. The van der Waals surface area contributed by atoms with Crippen molar-refractivity contribution in [1.29, 1.82) is 5.26 Å². The summed E-state index contributed by atoms with van der Waals surface area (Å²) in [5.41, 5.74) is 1.13. The van der Waals surface area contributed by atoms with Gasteiger partial charge in [-0.25, -0.2) is 9.59 Å². The molecular formula is C20H14ClNO4. The average Bonchev–Trinajstić information content (AvgIpc) is 2.64. The third kappa shape index (κ3) is 5.62. The number of carbonyl (C=O) groups is 2. The molecule has 0 spiro atoms. The summed E-state index contributed by atoms with van der Waals surface area (Å²) < 4.78 is 9.74. The van der Waals surface area contributed by atoms with E-state index in [4.69, 9.17) is 21.6 Å². The van der Waals surface area contributed by atoms with Gasteiger partial charge in [0.25, 0.3) is 0 Å². The van der Waals surface area contributed by atoms with Crippen molar-refractivity contribution in [3.05, 3.63) is 76.3 Å². The molecular weight excluding hydrogens is 354 g/mol. The number of nitrogens with zero attached hydrogens (tertiary/aromatic N) is 1. The summed E-state index contributed by atoms with van der Waals surface area (Å²) in [4.78, 5) is 23.4. The summed E-state index contributed by atoms with van der Waals surface area (Å²) in [6.45, 7) is 0. The fourth-order valence-corrected chi connectivity index (χ4v) is 2.20. The Labute approximate surface area is 155 Å². The van der Waals surface area contributed by atoms with Crippen molar-refractivity contribution in [2.75, 3.05) is 7.11 Å². The average molecular weight is 368 g/mol. The number of esters is 2. The van der Waals surface area contributed by atoms with Crippen LogP contribution in [0.15, 0.2) is 60.2 Å². The van der Waals surface area contributed by atoms with Crippen LogP contribution in [0.2, 0.25) is 5.02 Å². The van der Waals surface area contributed by atoms with Crippen molar-refractivity contribution in [1.82, 2.24) is 0 Å². The molecule has 6 heteroatoms. The van der Waals surface area contributed by atoms with E-state index < -0.39 is 11.9 Å². The van der Waals surface area contributed by atoms with Crippen LogP contribution >= 0.6 is 11.6 Å². The van der Waals surface area contributed by atoms with E-state index in [9.17, 15) is 9.59 Å². The predicted molar refractivity (Wildman–Crippen MR) is 98.2 cm³/mol. The lowest BCUT2D eigenvalue weighted by atomic mass is 10.1. The zero-order valence-corrected chi connectivity index (χ0v) is 14.6. The van der Waals surface area contributed by atoms with Crippen LogP contribution in [0.1, 0.15) is 11.1 Å². The summed E-state index contributed by atoms with van der Waals surface area (Å²) in [5.74, 6) is -1.03. The molecule has 2 aromatic carbocycles. The normalized spacial score (nSPS) is 11.0. The number of halogens is 1. The van der Waals surface area contributed by atoms with E-state index in [2.05, 4.69) is 4.74 Å². The molecule has 130 valence electrons. The molecule has 0 aliphatic carbocycles. The van der Waals surface area contributed by atoms with Gasteiger partial charge in [-0.15, -0.1) is 0 Å². The molecule has 0 atom stereocenters. The highest BCUT2D eigenvalue weighted by Gasteiger charge is 2.09. The Morgan fingerprint density at radius 1 is 1.12 bits per heavy atom. The Kier molecular flexibility index (Phi) is 6.72. The van der Waals surface area contributed by atoms with Gasteiger partial charge in [0.05, 0.1) is 7.11 Å². The molecule has 0 saturated heterocycles. The maximum Gasteiger partial charge on any atom is 0.348 e. The van der Waals surface area contributed by atoms with Crippen LogP contribution in [0.4, 0.5) is 0 Å². The lowest BCUT2D eigenvalue weighted by Crippen LogP contribution is -2.04. The summed E-state index contributed by atoms with van der Waals surface area (Å²) in [5, 5.41) is 9.55. The number of hydrogen-bond acceptors (Lipinski definition) is 5. The van der Waals surface area contributed by atoms with Crippen LogP contribution in [0.25, 0.3) is 12.2 Å². The van der Waals surface area contributed by atoms with Crippen LogP contribution in [-0.2, 0) is 14.3 Å². The van der Waals surface area contributed by atoms with Crippen molar-refractivity contribution in [3.8, 4) is 11.8 Å². The second kappa shape index (κ2) is 9.21. The molecule has 0 unspecified atom stereocenters. The number of nitriles is 1. The lowest BCUT2D eigenvalue weighted by molar-refractivity contribution is -0.135. The smallest absolute Gasteiger partial charge is 0.348 e. The molecule has 0 amide bonds. The van der Waals surface area contributed by atoms with Gasteiger partial charge in [-0.05, 0) is 47.5 Å². The SMILES string of the molecule is COC(=O)/C(C#N)=C/c1cccc(OC(=O)/C=C/c2cccc(Cl)c2)c1. The van der Waals surface area contributed by atoms with E-state index in [-0.39, 0.29) is 11.3 Å². The maximum atomic E-state index is 11.9. The van der Waals surface area contributed by atoms with Crippen molar-refractivity contribution in [2.45, 2.75) is 0 Å². The van der Waals surface area contributed by atoms with Gasteiger partial charge in [-0.3, -0.25) is 0 Å². The fraction of sp³-hybridized carbons (Fsp3) is 0.0500. The topological polar surface area (TPSA) is 76.4 Å². The summed E-state index contributed by atoms with van der Waals surface area (Å²) in [7, 11) is 1.19. The van der Waals surface area contributed by atoms with E-state index in [1.165, 1.54) is 25.3 Å². The summed E-state index contributed by atoms with van der Waals surface area (Å²) in [6.07, 6.45) is 4.22. The van der Waals surface area contributed by atoms with Gasteiger partial charge in [-0.2, -0.15) is 5.26 Å². The molecule has 26 heavy (non-hydrogen) atoms. The molecule has 2 aromatic rings. The minimum absolute atomic E-state index is 0.156. The largest absolute Gasteiger partial charge is 0.465 e. The number of methoxy groups -OCH3 is 1. The molecule has 5 nitrogen and oxygen atoms in total. The molecule has 0 heterocycles. The maximum absolute atomic E-state index is 11.9. The molecule has 0 N–H and O–H groups in total. The number of benzene rings is 2. The van der Waals surface area contributed by atoms with Gasteiger partial charge in [0.2, 0.25) is 0 Å². The summed E-state index contributed by atoms with van der Waals surface area (Å²) in [6, 6.07) is 15.2. The van der Waals surface area contributed by atoms with Gasteiger partial charge in [0.15, 0.2) is 0 Å². The van der Waals surface area contributed by atoms with Crippen LogP contribution in [-0.4, -0.2) is 19.0 Å². The van der Waals surface area contributed by atoms with Crippen LogP contribution in [0, 0.1) is 11.3 Å². The third-order valence-electron chi connectivity index (χ3n) is 3.17. The molecule has 0 aliphatic heterocycles. The van der Waals surface area contributed by atoms with Gasteiger partial charge < -0.3 is 9.47 Å². The highest BCUT2D eigenvalue weighted by molar-refractivity contribution is 6.30. The Bertz CT molecular complexity index is 925. The van der Waals surface area contributed by atoms with E-state index in [0.717, 1.165) is 5.56 Å². The zero-order chi connectivity index (χ0) is 18.9. The van der Waals surface area contributed by atoms with E-state index in [1.807, 2.05) is 0 Å². The standard InChI is InChI=1S/C20H14ClNO4/c1-25-20(24)16(13-22)10-15-5-3-7-18(12-15)26-19(23)9-8-14-4-2-6-17(21)11-14/h2-12H,1H3/b9-8+,16-10+. The molecule has 0 fully saturated rings. The lowest BCUT2D eigenvalue weighted by Gasteiger charge is -2.03. The molecule has 0 aliphatic rings. The van der Waals surface area contributed by atoms with Gasteiger partial charge in [0, 0.05) is 11.1 Å². The number of ether oxygens (including phenoxy) is 2. The van der Waals surface area contributed by atoms with Gasteiger partial charge >= 0.3 is 11.9 Å². The quantitative estimate of drug-likeness (QED) is 0.345. The van der Waals surface area contributed by atoms with Crippen molar-refractivity contribution < 1.29 is 19.1 Å². The van der Waals surface area contributed by atoms with E-state index >= 15 is 0 Å². The van der Waals surface area contributed by atoms with Crippen LogP contribution in [0.5, 0.6) is 5.75 Å². The Morgan fingerprint density at radius 3 is 2.54 bits per heavy atom. The van der Waals surface area contributed by atoms with E-state index in [0.29, 0.717) is 10.6 Å². The first-order valence-corrected chi connectivity index (χ1v) is 7.85. The predicted octanol–water partition coefficient (Wildman–Crippen LogP) is 4.04. The minimum atomic E-state index is -0.737. The zero-order valence-electron chi connectivity index (χ0n) is 13.8. The van der Waals surface area contributed by atoms with Gasteiger partial charge in [0.1, 0.15) is 17.4 Å². The molecule has 0 radical (unpaired) electrons. The monoisotopic (exact) mass is 367 g/mol. The van der Waals surface area contributed by atoms with E-state index in [1.54, 1.807) is 54.6 Å². The van der Waals surface area contributed by atoms with Gasteiger partial charge in [-0.1, -0.05) is 35.9 Å². The third-order valence-corrected chi connectivity index (χ3v) is 3.41. The first-order chi connectivity index (χ1) is 12.5. The first kappa shape index (κ1) is 19.0. The fourth-order valence-electron chi connectivity index (χ4n) is 2.01. The number of hydrogen-bond donors (Lipinski definition) is 0. The minimum Gasteiger partial charge on any atom is -0.465 e. The van der Waals surface area contributed by atoms with Crippen LogP contribution in [0.3, 0.4) is 0 Å². The molecule has 2 rings (SSSR count). The first-order valence-electron chi connectivity index (χ1n) is 7.47. The highest BCUT2D eigenvalue weighted by Crippen LogP contribution is 2.17. The van der Waals surface area contributed by atoms with Crippen LogP contribution < -0.4 is 4.74 Å². The Morgan fingerprint density at radius 2 is 1.85 bits per heavy atom. The molecule has 0 aromatic heterocycles. The van der Waals surface area contributed by atoms with Crippen molar-refractivity contribution >= 4 is 35.7 Å². The van der Waals surface area contributed by atoms with Crippen molar-refractivity contribution in [3.63, 3.8) is 0 Å². The summed E-state index contributed by atoms with van der Waals surface area (Å²) >= 11 is 5.88. The molecule has 0 bridgehead atoms. The number of rotatable bonds is 5. The van der Waals surface area contributed by atoms with Crippen molar-refractivity contribution in [2.24, 2.45) is 0 Å². The highest BCUT2D eigenvalue weighted by atomic mass is 35.5. The Balaban J connectivity index is 2.11. The Hall–Kier alpha value is -3.36.